The third-order valence-corrected chi connectivity index (χ3v) is 4.62. The molecule has 5 atom stereocenters. The van der Waals surface area contributed by atoms with Gasteiger partial charge in [-0.3, -0.25) is 19.2 Å². The zero-order chi connectivity index (χ0) is 24.0. The summed E-state index contributed by atoms with van der Waals surface area (Å²) in [5.74, 6) is -2.73. The molecular weight excluding hydrogens is 471 g/mol. The molecule has 0 bridgehead atoms. The zero-order valence-corrected chi connectivity index (χ0v) is 19.2. The smallest absolute Gasteiger partial charge is 0.303 e. The summed E-state index contributed by atoms with van der Waals surface area (Å²) in [5, 5.41) is 0.481. The normalized spacial score (nSPS) is 24.8. The third kappa shape index (κ3) is 7.25. The molecule has 1 fully saturated rings. The molecule has 0 amide bonds. The molecule has 0 N–H and O–H groups in total. The van der Waals surface area contributed by atoms with Gasteiger partial charge in [-0.25, -0.2) is 0 Å². The fraction of sp³-hybridized carbons (Fsp3) is 0.500. The highest BCUT2D eigenvalue weighted by molar-refractivity contribution is 6.35. The Morgan fingerprint density at radius 3 is 1.94 bits per heavy atom. The Morgan fingerprint density at radius 2 is 1.41 bits per heavy atom. The summed E-state index contributed by atoms with van der Waals surface area (Å²) in [4.78, 5) is 46.6. The van der Waals surface area contributed by atoms with E-state index in [1.54, 1.807) is 0 Å². The van der Waals surface area contributed by atoms with Crippen molar-refractivity contribution in [3.8, 4) is 5.75 Å². The molecule has 0 aromatic heterocycles. The standard InChI is InChI=1S/C20H22Cl2O10/c1-9(23)27-8-16-17(28-10(2)24)18(29-11(3)25)19(30-12(4)26)20(32-16)31-15-6-5-13(21)7-14(15)22/h5-7,16-20H,8H2,1-4H3/t16-,17+,18+,19-,20-/m1/s1. The minimum atomic E-state index is -1.38. The summed E-state index contributed by atoms with van der Waals surface area (Å²) in [6.07, 6.45) is -6.49. The van der Waals surface area contributed by atoms with Gasteiger partial charge in [0.1, 0.15) is 18.5 Å². The van der Waals surface area contributed by atoms with E-state index in [4.69, 9.17) is 51.6 Å². The highest BCUT2D eigenvalue weighted by Crippen LogP contribution is 2.34. The van der Waals surface area contributed by atoms with E-state index in [0.717, 1.165) is 20.8 Å². The molecule has 1 aromatic carbocycles. The highest BCUT2D eigenvalue weighted by atomic mass is 35.5. The van der Waals surface area contributed by atoms with E-state index in [1.807, 2.05) is 0 Å². The van der Waals surface area contributed by atoms with Crippen LogP contribution in [0.1, 0.15) is 27.7 Å². The number of benzene rings is 1. The van der Waals surface area contributed by atoms with E-state index in [1.165, 1.54) is 25.1 Å². The second-order valence-corrected chi connectivity index (χ2v) is 7.60. The summed E-state index contributed by atoms with van der Waals surface area (Å²) in [5.41, 5.74) is 0. The molecule has 1 aliphatic rings. The van der Waals surface area contributed by atoms with E-state index >= 15 is 0 Å². The number of rotatable bonds is 7. The van der Waals surface area contributed by atoms with Gasteiger partial charge in [0.15, 0.2) is 12.2 Å². The van der Waals surface area contributed by atoms with Crippen molar-refractivity contribution in [2.45, 2.75) is 58.4 Å². The predicted octanol–water partition coefficient (Wildman–Crippen LogP) is 2.46. The number of hydrogen-bond donors (Lipinski definition) is 0. The van der Waals surface area contributed by atoms with Gasteiger partial charge < -0.3 is 28.4 Å². The molecule has 0 saturated carbocycles. The van der Waals surface area contributed by atoms with Gasteiger partial charge in [-0.05, 0) is 18.2 Å². The van der Waals surface area contributed by atoms with E-state index in [9.17, 15) is 19.2 Å². The van der Waals surface area contributed by atoms with Crippen molar-refractivity contribution in [1.29, 1.82) is 0 Å². The molecule has 0 radical (unpaired) electrons. The summed E-state index contributed by atoms with van der Waals surface area (Å²) in [7, 11) is 0. The van der Waals surface area contributed by atoms with Crippen LogP contribution >= 0.6 is 23.2 Å². The van der Waals surface area contributed by atoms with Crippen LogP contribution in [0.25, 0.3) is 0 Å². The first-order valence-electron chi connectivity index (χ1n) is 9.40. The van der Waals surface area contributed by atoms with Gasteiger partial charge in [-0.15, -0.1) is 0 Å². The number of halogens is 2. The second kappa shape index (κ2) is 11.3. The van der Waals surface area contributed by atoms with Crippen molar-refractivity contribution in [3.05, 3.63) is 28.2 Å². The first kappa shape index (κ1) is 25.7. The van der Waals surface area contributed by atoms with Crippen LogP contribution in [0.3, 0.4) is 0 Å². The average Bonchev–Trinajstić information content (AvgIpc) is 2.65. The quantitative estimate of drug-likeness (QED) is 0.413. The number of esters is 4. The van der Waals surface area contributed by atoms with E-state index in [0.29, 0.717) is 5.02 Å². The molecule has 1 heterocycles. The Kier molecular flexibility index (Phi) is 9.11. The number of hydrogen-bond acceptors (Lipinski definition) is 10. The summed E-state index contributed by atoms with van der Waals surface area (Å²) < 4.78 is 32.5. The molecule has 1 saturated heterocycles. The predicted molar refractivity (Wildman–Crippen MR) is 109 cm³/mol. The molecule has 32 heavy (non-hydrogen) atoms. The van der Waals surface area contributed by atoms with Crippen LogP contribution in [0.4, 0.5) is 0 Å². The van der Waals surface area contributed by atoms with Gasteiger partial charge in [0.05, 0.1) is 5.02 Å². The Bertz CT molecular complexity index is 874. The van der Waals surface area contributed by atoms with Crippen LogP contribution in [0.15, 0.2) is 18.2 Å². The van der Waals surface area contributed by atoms with Crippen LogP contribution in [0, 0.1) is 0 Å². The van der Waals surface area contributed by atoms with Crippen molar-refractivity contribution in [2.75, 3.05) is 6.61 Å². The van der Waals surface area contributed by atoms with Crippen LogP contribution in [0.2, 0.25) is 10.0 Å². The lowest BCUT2D eigenvalue weighted by molar-refractivity contribution is -0.288. The fourth-order valence-electron chi connectivity index (χ4n) is 2.98. The second-order valence-electron chi connectivity index (χ2n) is 6.76. The molecule has 1 aromatic rings. The van der Waals surface area contributed by atoms with E-state index in [2.05, 4.69) is 0 Å². The van der Waals surface area contributed by atoms with Crippen molar-refractivity contribution in [3.63, 3.8) is 0 Å². The molecule has 2 rings (SSSR count). The first-order chi connectivity index (χ1) is 15.0. The van der Waals surface area contributed by atoms with Gasteiger partial charge in [-0.2, -0.15) is 0 Å². The third-order valence-electron chi connectivity index (χ3n) is 4.09. The highest BCUT2D eigenvalue weighted by Gasteiger charge is 2.53. The molecule has 10 nitrogen and oxygen atoms in total. The molecule has 176 valence electrons. The van der Waals surface area contributed by atoms with Crippen molar-refractivity contribution >= 4 is 47.1 Å². The van der Waals surface area contributed by atoms with Crippen molar-refractivity contribution in [1.82, 2.24) is 0 Å². The van der Waals surface area contributed by atoms with Crippen molar-refractivity contribution < 1.29 is 47.6 Å². The zero-order valence-electron chi connectivity index (χ0n) is 17.7. The largest absolute Gasteiger partial charge is 0.463 e. The lowest BCUT2D eigenvalue weighted by Gasteiger charge is -2.43. The minimum Gasteiger partial charge on any atom is -0.463 e. The fourth-order valence-corrected chi connectivity index (χ4v) is 3.43. The SMILES string of the molecule is CC(=O)OC[C@H]1O[C@@H](Oc2ccc(Cl)cc2Cl)[C@H](OC(C)=O)[C@@H](OC(C)=O)[C@H]1OC(C)=O. The Labute approximate surface area is 193 Å². The molecule has 0 spiro atoms. The molecule has 0 aliphatic carbocycles. The van der Waals surface area contributed by atoms with Crippen LogP contribution in [0.5, 0.6) is 5.75 Å². The lowest BCUT2D eigenvalue weighted by Crippen LogP contribution is -2.63. The minimum absolute atomic E-state index is 0.122. The van der Waals surface area contributed by atoms with E-state index < -0.39 is 54.6 Å². The summed E-state index contributed by atoms with van der Waals surface area (Å²) in [6.45, 7) is 4.19. The van der Waals surface area contributed by atoms with Gasteiger partial charge in [0.25, 0.3) is 0 Å². The first-order valence-corrected chi connectivity index (χ1v) is 10.2. The maximum atomic E-state index is 11.8. The number of ether oxygens (including phenoxy) is 6. The Hall–Kier alpha value is -2.56. The maximum Gasteiger partial charge on any atom is 0.303 e. The molecular formula is C20H22Cl2O10. The summed E-state index contributed by atoms with van der Waals surface area (Å²) in [6, 6.07) is 4.39. The average molecular weight is 493 g/mol. The molecule has 12 heteroatoms. The monoisotopic (exact) mass is 492 g/mol. The maximum absolute atomic E-state index is 11.8. The molecule has 1 aliphatic heterocycles. The van der Waals surface area contributed by atoms with Gasteiger partial charge >= 0.3 is 23.9 Å². The lowest BCUT2D eigenvalue weighted by atomic mass is 9.98. The van der Waals surface area contributed by atoms with Crippen LogP contribution < -0.4 is 4.74 Å². The van der Waals surface area contributed by atoms with Gasteiger partial charge in [0, 0.05) is 32.7 Å². The van der Waals surface area contributed by atoms with Crippen molar-refractivity contribution in [2.24, 2.45) is 0 Å². The van der Waals surface area contributed by atoms with Gasteiger partial charge in [0.2, 0.25) is 12.4 Å². The Balaban J connectivity index is 2.47. The van der Waals surface area contributed by atoms with Gasteiger partial charge in [-0.1, -0.05) is 23.2 Å². The van der Waals surface area contributed by atoms with E-state index in [-0.39, 0.29) is 17.4 Å². The number of carbonyl (C=O) groups is 4. The van der Waals surface area contributed by atoms with Crippen LogP contribution in [-0.4, -0.2) is 61.2 Å². The summed E-state index contributed by atoms with van der Waals surface area (Å²) >= 11 is 12.1. The van der Waals surface area contributed by atoms with Crippen LogP contribution in [-0.2, 0) is 42.9 Å². The Morgan fingerprint density at radius 1 is 0.844 bits per heavy atom. The topological polar surface area (TPSA) is 124 Å². The molecule has 0 unspecified atom stereocenters. The number of carbonyl (C=O) groups excluding carboxylic acids is 4.